The van der Waals surface area contributed by atoms with Crippen LogP contribution in [0.25, 0.3) is 6.08 Å². The molecular formula is C36H27FN2O4. The molecule has 4 atom stereocenters. The molecule has 1 saturated heterocycles. The summed E-state index contributed by atoms with van der Waals surface area (Å²) in [6.07, 6.45) is 5.29. The normalized spacial score (nSPS) is 22.9. The molecule has 7 rings (SSSR count). The molecule has 3 aliphatic rings. The van der Waals surface area contributed by atoms with E-state index in [1.165, 1.54) is 24.3 Å². The van der Waals surface area contributed by atoms with Gasteiger partial charge in [0.2, 0.25) is 5.91 Å². The van der Waals surface area contributed by atoms with Crippen molar-refractivity contribution in [1.29, 1.82) is 0 Å². The van der Waals surface area contributed by atoms with Gasteiger partial charge in [0, 0.05) is 17.5 Å². The van der Waals surface area contributed by atoms with Crippen LogP contribution in [0.1, 0.15) is 43.4 Å². The smallest absolute Gasteiger partial charge is 0.238 e. The number of nitrogens with one attached hydrogen (secondary N) is 1. The number of carbonyl (C=O) groups is 3. The van der Waals surface area contributed by atoms with Gasteiger partial charge in [-0.15, -0.1) is 0 Å². The summed E-state index contributed by atoms with van der Waals surface area (Å²) < 4.78 is 19.8. The summed E-state index contributed by atoms with van der Waals surface area (Å²) in [6.45, 7) is 3.89. The molecule has 1 amide bonds. The van der Waals surface area contributed by atoms with Crippen molar-refractivity contribution in [3.05, 3.63) is 150 Å². The Bertz CT molecular complexity index is 1830. The highest BCUT2D eigenvalue weighted by molar-refractivity contribution is 6.17. The zero-order valence-electron chi connectivity index (χ0n) is 23.1. The largest absolute Gasteiger partial charge is 0.489 e. The zero-order chi connectivity index (χ0) is 29.7. The van der Waals surface area contributed by atoms with Crippen molar-refractivity contribution in [3.63, 3.8) is 0 Å². The van der Waals surface area contributed by atoms with E-state index in [2.05, 4.69) is 11.9 Å². The van der Waals surface area contributed by atoms with Crippen molar-refractivity contribution < 1.29 is 23.5 Å². The van der Waals surface area contributed by atoms with E-state index < -0.39 is 35.0 Å². The molecule has 1 N–H and O–H groups in total. The summed E-state index contributed by atoms with van der Waals surface area (Å²) in [5, 5.41) is 3.04. The number of anilines is 1. The standard InChI is InChI=1S/C36H27FN2O4/c1-2-21-43-29-14-8-5-11-26(29)33(41)30-31(32(40)23-15-17-24(37)18-16-23)39-20-19-22-9-3-4-10-25(22)34(39)36(30)27-12-6-7-13-28(27)38-35(36)42/h2-20,30-31,34H,1,21H2,(H,38,42). The molecule has 1 fully saturated rings. The fraction of sp³-hybridized carbons (Fsp3) is 0.139. The minimum atomic E-state index is -1.47. The SMILES string of the molecule is C=CCOc1ccccc1C(=O)C1C(C(=O)c2ccc(F)cc2)N2C=Cc3ccccc3C2C12C(=O)Nc1ccccc12. The van der Waals surface area contributed by atoms with E-state index in [-0.39, 0.29) is 29.4 Å². The Labute approximate surface area is 248 Å². The van der Waals surface area contributed by atoms with Crippen molar-refractivity contribution in [2.24, 2.45) is 5.92 Å². The number of para-hydroxylation sites is 2. The van der Waals surface area contributed by atoms with Gasteiger partial charge in [-0.25, -0.2) is 4.39 Å². The van der Waals surface area contributed by atoms with E-state index >= 15 is 4.79 Å². The first-order valence-electron chi connectivity index (χ1n) is 14.1. The highest BCUT2D eigenvalue weighted by Gasteiger charge is 2.70. The lowest BCUT2D eigenvalue weighted by molar-refractivity contribution is -0.122. The molecule has 0 bridgehead atoms. The number of benzene rings is 4. The summed E-state index contributed by atoms with van der Waals surface area (Å²) in [7, 11) is 0. The average molecular weight is 571 g/mol. The third kappa shape index (κ3) is 3.88. The van der Waals surface area contributed by atoms with Crippen LogP contribution in [0, 0.1) is 11.7 Å². The van der Waals surface area contributed by atoms with Crippen molar-refractivity contribution in [2.45, 2.75) is 17.5 Å². The first kappa shape index (κ1) is 26.6. The maximum Gasteiger partial charge on any atom is 0.238 e. The van der Waals surface area contributed by atoms with Gasteiger partial charge in [-0.05, 0) is 65.2 Å². The first-order valence-corrected chi connectivity index (χ1v) is 14.1. The molecule has 7 heteroatoms. The molecule has 3 aliphatic heterocycles. The Morgan fingerprint density at radius 3 is 2.47 bits per heavy atom. The molecule has 6 nitrogen and oxygen atoms in total. The summed E-state index contributed by atoms with van der Waals surface area (Å²) in [6, 6.07) is 25.4. The molecule has 4 unspecified atom stereocenters. The fourth-order valence-electron chi connectivity index (χ4n) is 7.06. The average Bonchev–Trinajstić information content (AvgIpc) is 3.52. The van der Waals surface area contributed by atoms with Gasteiger partial charge in [-0.1, -0.05) is 67.3 Å². The molecule has 43 heavy (non-hydrogen) atoms. The van der Waals surface area contributed by atoms with Gasteiger partial charge < -0.3 is 15.0 Å². The minimum absolute atomic E-state index is 0.173. The number of amides is 1. The highest BCUT2D eigenvalue weighted by atomic mass is 19.1. The number of halogens is 1. The van der Waals surface area contributed by atoms with Gasteiger partial charge >= 0.3 is 0 Å². The van der Waals surface area contributed by atoms with E-state index in [0.29, 0.717) is 17.0 Å². The molecule has 0 aromatic heterocycles. The summed E-state index contributed by atoms with van der Waals surface area (Å²) in [5.41, 5.74) is 2.02. The van der Waals surface area contributed by atoms with Crippen molar-refractivity contribution in [2.75, 3.05) is 11.9 Å². The van der Waals surface area contributed by atoms with Crippen LogP contribution in [0.5, 0.6) is 5.75 Å². The summed E-state index contributed by atoms with van der Waals surface area (Å²) >= 11 is 0. The number of nitrogens with zero attached hydrogens (tertiary/aromatic N) is 1. The quantitative estimate of drug-likeness (QED) is 0.206. The van der Waals surface area contributed by atoms with Crippen LogP contribution in [0.2, 0.25) is 0 Å². The van der Waals surface area contributed by atoms with E-state index in [1.54, 1.807) is 30.3 Å². The second kappa shape index (κ2) is 10.2. The van der Waals surface area contributed by atoms with E-state index in [9.17, 15) is 14.0 Å². The van der Waals surface area contributed by atoms with Gasteiger partial charge in [0.15, 0.2) is 11.6 Å². The van der Waals surface area contributed by atoms with Gasteiger partial charge in [-0.3, -0.25) is 14.4 Å². The molecule has 4 aromatic rings. The van der Waals surface area contributed by atoms with Gasteiger partial charge in [-0.2, -0.15) is 0 Å². The minimum Gasteiger partial charge on any atom is -0.489 e. The van der Waals surface area contributed by atoms with Crippen LogP contribution >= 0.6 is 0 Å². The molecule has 4 aromatic carbocycles. The van der Waals surface area contributed by atoms with Crippen molar-refractivity contribution in [1.82, 2.24) is 4.90 Å². The zero-order valence-corrected chi connectivity index (χ0v) is 23.1. The van der Waals surface area contributed by atoms with Crippen LogP contribution in [-0.2, 0) is 10.2 Å². The number of Topliss-reactive ketones (excluding diaryl/α,β-unsaturated/α-hetero) is 2. The van der Waals surface area contributed by atoms with Gasteiger partial charge in [0.05, 0.1) is 17.5 Å². The Kier molecular flexibility index (Phi) is 6.31. The highest BCUT2D eigenvalue weighted by Crippen LogP contribution is 2.62. The van der Waals surface area contributed by atoms with E-state index in [0.717, 1.165) is 11.1 Å². The Morgan fingerprint density at radius 2 is 1.65 bits per heavy atom. The lowest BCUT2D eigenvalue weighted by Gasteiger charge is -2.38. The van der Waals surface area contributed by atoms with Crippen LogP contribution in [0.4, 0.5) is 10.1 Å². The lowest BCUT2D eigenvalue weighted by Crippen LogP contribution is -2.49. The van der Waals surface area contributed by atoms with Crippen LogP contribution in [0.15, 0.2) is 116 Å². The molecular weight excluding hydrogens is 543 g/mol. The molecule has 212 valence electrons. The third-order valence-electron chi connectivity index (χ3n) is 8.76. The van der Waals surface area contributed by atoms with E-state index in [4.69, 9.17) is 4.74 Å². The van der Waals surface area contributed by atoms with Crippen molar-refractivity contribution >= 4 is 29.2 Å². The first-order chi connectivity index (χ1) is 21.0. The second-order valence-electron chi connectivity index (χ2n) is 10.9. The van der Waals surface area contributed by atoms with Gasteiger partial charge in [0.25, 0.3) is 0 Å². The Hall–Kier alpha value is -5.30. The fourth-order valence-corrected chi connectivity index (χ4v) is 7.06. The third-order valence-corrected chi connectivity index (χ3v) is 8.76. The molecule has 0 radical (unpaired) electrons. The Balaban J connectivity index is 1.52. The molecule has 0 saturated carbocycles. The van der Waals surface area contributed by atoms with Crippen LogP contribution in [-0.4, -0.2) is 35.0 Å². The Morgan fingerprint density at radius 1 is 0.930 bits per heavy atom. The van der Waals surface area contributed by atoms with Gasteiger partial charge in [0.1, 0.15) is 29.6 Å². The van der Waals surface area contributed by atoms with Crippen LogP contribution < -0.4 is 10.1 Å². The number of ketones is 2. The maximum absolute atomic E-state index is 15.1. The summed E-state index contributed by atoms with van der Waals surface area (Å²) in [5.74, 6) is -2.44. The van der Waals surface area contributed by atoms with Crippen molar-refractivity contribution in [3.8, 4) is 5.75 Å². The summed E-state index contributed by atoms with van der Waals surface area (Å²) in [4.78, 5) is 46.0. The monoisotopic (exact) mass is 570 g/mol. The maximum atomic E-state index is 15.1. The topological polar surface area (TPSA) is 75.7 Å². The number of ether oxygens (including phenoxy) is 1. The number of fused-ring (bicyclic) bond motifs is 6. The molecule has 1 spiro atoms. The predicted molar refractivity (Wildman–Crippen MR) is 161 cm³/mol. The number of rotatable bonds is 7. The second-order valence-corrected chi connectivity index (χ2v) is 10.9. The number of hydrogen-bond acceptors (Lipinski definition) is 5. The number of carbonyl (C=O) groups excluding carboxylic acids is 3. The van der Waals surface area contributed by atoms with Crippen LogP contribution in [0.3, 0.4) is 0 Å². The number of hydrogen-bond donors (Lipinski definition) is 1. The lowest BCUT2D eigenvalue weighted by atomic mass is 9.62. The molecule has 0 aliphatic carbocycles. The van der Waals surface area contributed by atoms with E-state index in [1.807, 2.05) is 65.7 Å². The molecule has 3 heterocycles. The predicted octanol–water partition coefficient (Wildman–Crippen LogP) is 6.37.